The van der Waals surface area contributed by atoms with E-state index in [0.717, 1.165) is 0 Å². The number of hydrogen-bond acceptors (Lipinski definition) is 5. The molecule has 0 aliphatic rings. The fourth-order valence-electron chi connectivity index (χ4n) is 2.24. The Labute approximate surface area is 144 Å². The molecule has 8 heteroatoms. The number of aryl methyl sites for hydroxylation is 2. The van der Waals surface area contributed by atoms with Crippen LogP contribution in [-0.4, -0.2) is 33.2 Å². The van der Waals surface area contributed by atoms with Crippen LogP contribution < -0.4 is 5.32 Å². The second-order valence-electron chi connectivity index (χ2n) is 5.72. The van der Waals surface area contributed by atoms with E-state index in [1.165, 1.54) is 6.07 Å². The molecule has 1 aromatic heterocycles. The molecule has 1 amide bonds. The summed E-state index contributed by atoms with van der Waals surface area (Å²) in [6.45, 7) is 3.50. The molecule has 1 atom stereocenters. The van der Waals surface area contributed by atoms with Crippen molar-refractivity contribution in [3.8, 4) is 11.4 Å². The van der Waals surface area contributed by atoms with Crippen molar-refractivity contribution in [1.29, 1.82) is 0 Å². The van der Waals surface area contributed by atoms with Gasteiger partial charge in [0, 0.05) is 18.4 Å². The van der Waals surface area contributed by atoms with Crippen molar-refractivity contribution in [2.75, 3.05) is 0 Å². The van der Waals surface area contributed by atoms with Gasteiger partial charge in [0.05, 0.1) is 0 Å². The lowest BCUT2D eigenvalue weighted by molar-refractivity contribution is -0.142. The Hall–Kier alpha value is -2.77. The standard InChI is InChI=1S/C17H20FN3O4/c1-3-4-13(17(23)24)19-14(22)7-8-15-20-16(21-25-15)11-6-5-10(2)12(18)9-11/h5-6,9,13H,3-4,7-8H2,1-2H3,(H,19,22)(H,23,24). The van der Waals surface area contributed by atoms with Crippen molar-refractivity contribution in [3.05, 3.63) is 35.5 Å². The summed E-state index contributed by atoms with van der Waals surface area (Å²) in [6.07, 6.45) is 1.21. The van der Waals surface area contributed by atoms with Gasteiger partial charge in [-0.25, -0.2) is 9.18 Å². The molecule has 7 nitrogen and oxygen atoms in total. The van der Waals surface area contributed by atoms with Crippen LogP contribution in [0.2, 0.25) is 0 Å². The number of nitrogens with one attached hydrogen (secondary N) is 1. The van der Waals surface area contributed by atoms with Gasteiger partial charge in [0.1, 0.15) is 11.9 Å². The fourth-order valence-corrected chi connectivity index (χ4v) is 2.24. The molecule has 2 N–H and O–H groups in total. The molecule has 1 aromatic carbocycles. The van der Waals surface area contributed by atoms with Gasteiger partial charge in [-0.3, -0.25) is 4.79 Å². The van der Waals surface area contributed by atoms with Gasteiger partial charge < -0.3 is 14.9 Å². The van der Waals surface area contributed by atoms with Crippen molar-refractivity contribution in [2.45, 2.75) is 45.6 Å². The molecular weight excluding hydrogens is 329 g/mol. The summed E-state index contributed by atoms with van der Waals surface area (Å²) in [6, 6.07) is 3.72. The summed E-state index contributed by atoms with van der Waals surface area (Å²) in [5.41, 5.74) is 1.00. The summed E-state index contributed by atoms with van der Waals surface area (Å²) in [5.74, 6) is -1.35. The molecule has 0 saturated carbocycles. The molecule has 0 radical (unpaired) electrons. The van der Waals surface area contributed by atoms with Gasteiger partial charge in [0.25, 0.3) is 0 Å². The molecular formula is C17H20FN3O4. The molecule has 2 rings (SSSR count). The first kappa shape index (κ1) is 18.6. The number of aromatic nitrogens is 2. The maximum atomic E-state index is 13.6. The van der Waals surface area contributed by atoms with Gasteiger partial charge in [-0.1, -0.05) is 30.6 Å². The van der Waals surface area contributed by atoms with E-state index in [0.29, 0.717) is 24.0 Å². The largest absolute Gasteiger partial charge is 0.480 e. The second-order valence-corrected chi connectivity index (χ2v) is 5.72. The number of benzene rings is 1. The van der Waals surface area contributed by atoms with Crippen LogP contribution in [0.5, 0.6) is 0 Å². The zero-order valence-corrected chi connectivity index (χ0v) is 14.1. The van der Waals surface area contributed by atoms with Crippen molar-refractivity contribution in [2.24, 2.45) is 0 Å². The van der Waals surface area contributed by atoms with E-state index in [-0.39, 0.29) is 30.4 Å². The van der Waals surface area contributed by atoms with Crippen LogP contribution in [0.4, 0.5) is 4.39 Å². The first-order valence-corrected chi connectivity index (χ1v) is 8.02. The van der Waals surface area contributed by atoms with E-state index in [1.54, 1.807) is 19.1 Å². The molecule has 1 heterocycles. The monoisotopic (exact) mass is 349 g/mol. The highest BCUT2D eigenvalue weighted by atomic mass is 19.1. The van der Waals surface area contributed by atoms with Crippen LogP contribution >= 0.6 is 0 Å². The number of carbonyl (C=O) groups is 2. The van der Waals surface area contributed by atoms with Crippen LogP contribution in [0.1, 0.15) is 37.6 Å². The van der Waals surface area contributed by atoms with E-state index in [4.69, 9.17) is 9.63 Å². The molecule has 0 aliphatic heterocycles. The zero-order chi connectivity index (χ0) is 18.4. The topological polar surface area (TPSA) is 105 Å². The highest BCUT2D eigenvalue weighted by molar-refractivity contribution is 5.83. The summed E-state index contributed by atoms with van der Waals surface area (Å²) in [5, 5.41) is 15.3. The Bertz CT molecular complexity index is 760. The number of carboxylic acid groups (broad SMARTS) is 1. The van der Waals surface area contributed by atoms with Crippen LogP contribution in [0.25, 0.3) is 11.4 Å². The highest BCUT2D eigenvalue weighted by Crippen LogP contribution is 2.19. The van der Waals surface area contributed by atoms with Gasteiger partial charge >= 0.3 is 5.97 Å². The average Bonchev–Trinajstić information content (AvgIpc) is 3.04. The molecule has 0 spiro atoms. The second kappa shape index (κ2) is 8.36. The number of carboxylic acids is 1. The first-order chi connectivity index (χ1) is 11.9. The first-order valence-electron chi connectivity index (χ1n) is 8.02. The minimum Gasteiger partial charge on any atom is -0.480 e. The molecule has 0 saturated heterocycles. The Morgan fingerprint density at radius 3 is 2.80 bits per heavy atom. The number of nitrogens with zero attached hydrogens (tertiary/aromatic N) is 2. The SMILES string of the molecule is CCCC(NC(=O)CCc1nc(-c2ccc(C)c(F)c2)no1)C(=O)O. The summed E-state index contributed by atoms with van der Waals surface area (Å²) >= 11 is 0. The van der Waals surface area contributed by atoms with Crippen molar-refractivity contribution in [3.63, 3.8) is 0 Å². The quantitative estimate of drug-likeness (QED) is 0.758. The maximum absolute atomic E-state index is 13.6. The summed E-state index contributed by atoms with van der Waals surface area (Å²) in [7, 11) is 0. The normalized spacial score (nSPS) is 12.0. The van der Waals surface area contributed by atoms with E-state index < -0.39 is 17.9 Å². The van der Waals surface area contributed by atoms with Crippen LogP contribution in [0, 0.1) is 12.7 Å². The maximum Gasteiger partial charge on any atom is 0.326 e. The molecule has 0 aliphatic carbocycles. The number of carbonyl (C=O) groups excluding carboxylic acids is 1. The van der Waals surface area contributed by atoms with Crippen LogP contribution in [0.3, 0.4) is 0 Å². The summed E-state index contributed by atoms with van der Waals surface area (Å²) in [4.78, 5) is 27.0. The number of aliphatic carboxylic acids is 1. The Balaban J connectivity index is 1.93. The third-order valence-electron chi connectivity index (χ3n) is 3.67. The molecule has 1 unspecified atom stereocenters. The Morgan fingerprint density at radius 2 is 2.16 bits per heavy atom. The van der Waals surface area contributed by atoms with Gasteiger partial charge in [0.15, 0.2) is 0 Å². The predicted octanol–water partition coefficient (Wildman–Crippen LogP) is 2.49. The van der Waals surface area contributed by atoms with Gasteiger partial charge in [-0.2, -0.15) is 4.98 Å². The van der Waals surface area contributed by atoms with E-state index in [1.807, 2.05) is 6.92 Å². The highest BCUT2D eigenvalue weighted by Gasteiger charge is 2.19. The Kier molecular flexibility index (Phi) is 6.21. The number of rotatable bonds is 8. The number of hydrogen-bond donors (Lipinski definition) is 2. The van der Waals surface area contributed by atoms with E-state index >= 15 is 0 Å². The van der Waals surface area contributed by atoms with Crippen LogP contribution in [-0.2, 0) is 16.0 Å². The zero-order valence-electron chi connectivity index (χ0n) is 14.1. The third-order valence-corrected chi connectivity index (χ3v) is 3.67. The minimum atomic E-state index is -1.06. The molecule has 0 fully saturated rings. The lowest BCUT2D eigenvalue weighted by Crippen LogP contribution is -2.40. The third kappa shape index (κ3) is 5.10. The minimum absolute atomic E-state index is 0.0252. The summed E-state index contributed by atoms with van der Waals surface area (Å²) < 4.78 is 18.6. The van der Waals surface area contributed by atoms with Gasteiger partial charge in [-0.05, 0) is 25.0 Å². The molecule has 134 valence electrons. The number of halogens is 1. The van der Waals surface area contributed by atoms with Crippen LogP contribution in [0.15, 0.2) is 22.7 Å². The van der Waals surface area contributed by atoms with E-state index in [9.17, 15) is 14.0 Å². The fraction of sp³-hybridized carbons (Fsp3) is 0.412. The van der Waals surface area contributed by atoms with Crippen molar-refractivity contribution in [1.82, 2.24) is 15.5 Å². The molecule has 25 heavy (non-hydrogen) atoms. The lowest BCUT2D eigenvalue weighted by Gasteiger charge is -2.12. The Morgan fingerprint density at radius 1 is 1.40 bits per heavy atom. The predicted molar refractivity (Wildman–Crippen MR) is 87.2 cm³/mol. The van der Waals surface area contributed by atoms with Crippen molar-refractivity contribution < 1.29 is 23.6 Å². The van der Waals surface area contributed by atoms with Gasteiger partial charge in [-0.15, -0.1) is 0 Å². The molecule has 0 bridgehead atoms. The average molecular weight is 349 g/mol. The van der Waals surface area contributed by atoms with Gasteiger partial charge in [0.2, 0.25) is 17.6 Å². The van der Waals surface area contributed by atoms with E-state index in [2.05, 4.69) is 15.5 Å². The lowest BCUT2D eigenvalue weighted by atomic mass is 10.1. The number of amides is 1. The smallest absolute Gasteiger partial charge is 0.326 e. The van der Waals surface area contributed by atoms with Crippen molar-refractivity contribution >= 4 is 11.9 Å². The molecule has 2 aromatic rings.